The summed E-state index contributed by atoms with van der Waals surface area (Å²) in [5, 5.41) is 0. The van der Waals surface area contributed by atoms with Crippen molar-refractivity contribution in [1.29, 1.82) is 0 Å². The first-order chi connectivity index (χ1) is 11.1. The number of nitrogens with zero attached hydrogens (tertiary/aromatic N) is 1. The van der Waals surface area contributed by atoms with Crippen molar-refractivity contribution >= 4 is 5.97 Å². The fourth-order valence-corrected chi connectivity index (χ4v) is 2.86. The molecule has 0 saturated carbocycles. The van der Waals surface area contributed by atoms with Gasteiger partial charge in [-0.15, -0.1) is 0 Å². The van der Waals surface area contributed by atoms with Crippen molar-refractivity contribution in [1.82, 2.24) is 4.90 Å². The number of carbonyl (C=O) groups is 1. The fraction of sp³-hybridized carbons (Fsp3) is 0.471. The second-order valence-corrected chi connectivity index (χ2v) is 5.70. The van der Waals surface area contributed by atoms with Gasteiger partial charge in [0.15, 0.2) is 0 Å². The molecule has 124 valence electrons. The lowest BCUT2D eigenvalue weighted by molar-refractivity contribution is -0.0547. The molecule has 1 fully saturated rings. The molecule has 23 heavy (non-hydrogen) atoms. The third-order valence-electron chi connectivity index (χ3n) is 4.23. The lowest BCUT2D eigenvalue weighted by atomic mass is 10.1. The lowest BCUT2D eigenvalue weighted by Crippen LogP contribution is -2.39. The van der Waals surface area contributed by atoms with Crippen molar-refractivity contribution in [2.75, 3.05) is 26.8 Å². The summed E-state index contributed by atoms with van der Waals surface area (Å²) in [5.74, 6) is 1.40. The SMILES string of the molecule is COC(=O)c1oc([C@@H](C)N2CCO[C@H](c3ccco3)C2)cc1C. The molecule has 3 rings (SSSR count). The first kappa shape index (κ1) is 15.8. The first-order valence-corrected chi connectivity index (χ1v) is 7.68. The topological polar surface area (TPSA) is 65.0 Å². The predicted molar refractivity (Wildman–Crippen MR) is 82.2 cm³/mol. The van der Waals surface area contributed by atoms with Crippen LogP contribution >= 0.6 is 0 Å². The van der Waals surface area contributed by atoms with Crippen molar-refractivity contribution in [2.24, 2.45) is 0 Å². The number of esters is 1. The number of hydrogen-bond acceptors (Lipinski definition) is 6. The monoisotopic (exact) mass is 319 g/mol. The third-order valence-corrected chi connectivity index (χ3v) is 4.23. The Morgan fingerprint density at radius 1 is 1.48 bits per heavy atom. The second kappa shape index (κ2) is 6.60. The summed E-state index contributed by atoms with van der Waals surface area (Å²) >= 11 is 0. The molecule has 6 heteroatoms. The molecule has 1 saturated heterocycles. The average Bonchev–Trinajstić information content (AvgIpc) is 3.23. The minimum atomic E-state index is -0.448. The van der Waals surface area contributed by atoms with E-state index in [4.69, 9.17) is 18.3 Å². The van der Waals surface area contributed by atoms with E-state index in [1.54, 1.807) is 6.26 Å². The normalized spacial score (nSPS) is 20.4. The average molecular weight is 319 g/mol. The number of morpholine rings is 1. The van der Waals surface area contributed by atoms with Crippen LogP contribution in [0.3, 0.4) is 0 Å². The minimum Gasteiger partial charge on any atom is -0.467 e. The van der Waals surface area contributed by atoms with Gasteiger partial charge in [-0.05, 0) is 32.0 Å². The van der Waals surface area contributed by atoms with Gasteiger partial charge in [0.1, 0.15) is 17.6 Å². The number of aryl methyl sites for hydroxylation is 1. The Hall–Kier alpha value is -2.05. The Morgan fingerprint density at radius 3 is 3.00 bits per heavy atom. The number of rotatable bonds is 4. The molecule has 2 aromatic rings. The molecule has 0 aromatic carbocycles. The van der Waals surface area contributed by atoms with Gasteiger partial charge in [-0.1, -0.05) is 0 Å². The Kier molecular flexibility index (Phi) is 4.54. The summed E-state index contributed by atoms with van der Waals surface area (Å²) in [5.41, 5.74) is 0.787. The van der Waals surface area contributed by atoms with Gasteiger partial charge in [-0.3, -0.25) is 4.90 Å². The minimum absolute atomic E-state index is 0.0356. The van der Waals surface area contributed by atoms with Crippen molar-refractivity contribution in [3.05, 3.63) is 47.3 Å². The van der Waals surface area contributed by atoms with Crippen LogP contribution < -0.4 is 0 Å². The molecule has 0 amide bonds. The molecule has 0 radical (unpaired) electrons. The van der Waals surface area contributed by atoms with Crippen molar-refractivity contribution in [3.8, 4) is 0 Å². The van der Waals surface area contributed by atoms with E-state index >= 15 is 0 Å². The van der Waals surface area contributed by atoms with Crippen LogP contribution in [0.15, 0.2) is 33.3 Å². The van der Waals surface area contributed by atoms with Crippen LogP contribution in [0.25, 0.3) is 0 Å². The summed E-state index contributed by atoms with van der Waals surface area (Å²) in [6.07, 6.45) is 1.57. The third kappa shape index (κ3) is 3.18. The standard InChI is InChI=1S/C17H21NO5/c1-11-9-14(23-16(11)17(19)20-3)12(2)18-6-8-22-15(10-18)13-5-4-7-21-13/h4-5,7,9,12,15H,6,8,10H2,1-3H3/t12-,15+/m1/s1. The maximum atomic E-state index is 11.7. The van der Waals surface area contributed by atoms with Gasteiger partial charge in [0.05, 0.1) is 26.0 Å². The molecule has 0 N–H and O–H groups in total. The molecule has 1 aliphatic heterocycles. The zero-order valence-corrected chi connectivity index (χ0v) is 13.6. The summed E-state index contributed by atoms with van der Waals surface area (Å²) in [4.78, 5) is 14.0. The zero-order valence-electron chi connectivity index (χ0n) is 13.6. The molecule has 2 aromatic heterocycles. The Labute approximate surface area is 135 Å². The van der Waals surface area contributed by atoms with E-state index in [2.05, 4.69) is 11.8 Å². The Morgan fingerprint density at radius 2 is 2.30 bits per heavy atom. The maximum absolute atomic E-state index is 11.7. The second-order valence-electron chi connectivity index (χ2n) is 5.70. The molecule has 6 nitrogen and oxygen atoms in total. The largest absolute Gasteiger partial charge is 0.467 e. The van der Waals surface area contributed by atoms with Crippen LogP contribution in [0.4, 0.5) is 0 Å². The van der Waals surface area contributed by atoms with Crippen molar-refractivity contribution in [2.45, 2.75) is 26.0 Å². The summed E-state index contributed by atoms with van der Waals surface area (Å²) in [7, 11) is 1.35. The molecule has 0 unspecified atom stereocenters. The smallest absolute Gasteiger partial charge is 0.374 e. The molecular weight excluding hydrogens is 298 g/mol. The molecule has 0 bridgehead atoms. The molecule has 0 spiro atoms. The molecule has 1 aliphatic rings. The predicted octanol–water partition coefficient (Wildman–Crippen LogP) is 3.10. The lowest BCUT2D eigenvalue weighted by Gasteiger charge is -2.35. The maximum Gasteiger partial charge on any atom is 0.374 e. The number of methoxy groups -OCH3 is 1. The summed E-state index contributed by atoms with van der Waals surface area (Å²) in [6, 6.07) is 5.72. The highest BCUT2D eigenvalue weighted by molar-refractivity contribution is 5.87. The highest BCUT2D eigenvalue weighted by Crippen LogP contribution is 2.30. The summed E-state index contributed by atoms with van der Waals surface area (Å²) in [6.45, 7) is 6.04. The van der Waals surface area contributed by atoms with Gasteiger partial charge >= 0.3 is 5.97 Å². The highest BCUT2D eigenvalue weighted by Gasteiger charge is 2.30. The Bertz CT molecular complexity index is 661. The van der Waals surface area contributed by atoms with Crippen LogP contribution in [0, 0.1) is 6.92 Å². The molecular formula is C17H21NO5. The van der Waals surface area contributed by atoms with Gasteiger partial charge in [-0.25, -0.2) is 4.79 Å². The van der Waals surface area contributed by atoms with Crippen molar-refractivity contribution in [3.63, 3.8) is 0 Å². The first-order valence-electron chi connectivity index (χ1n) is 7.68. The molecule has 2 atom stereocenters. The van der Waals surface area contributed by atoms with E-state index < -0.39 is 5.97 Å². The van der Waals surface area contributed by atoms with Crippen LogP contribution in [0.2, 0.25) is 0 Å². The van der Waals surface area contributed by atoms with E-state index in [1.807, 2.05) is 25.1 Å². The van der Waals surface area contributed by atoms with E-state index in [-0.39, 0.29) is 17.9 Å². The number of hydrogen-bond donors (Lipinski definition) is 0. The van der Waals surface area contributed by atoms with E-state index in [9.17, 15) is 4.79 Å². The van der Waals surface area contributed by atoms with E-state index in [0.717, 1.165) is 23.6 Å². The molecule has 0 aliphatic carbocycles. The van der Waals surface area contributed by atoms with Gasteiger partial charge < -0.3 is 18.3 Å². The van der Waals surface area contributed by atoms with Gasteiger partial charge in [0.2, 0.25) is 5.76 Å². The van der Waals surface area contributed by atoms with Gasteiger partial charge in [-0.2, -0.15) is 0 Å². The highest BCUT2D eigenvalue weighted by atomic mass is 16.5. The van der Waals surface area contributed by atoms with Gasteiger partial charge in [0.25, 0.3) is 0 Å². The number of ether oxygens (including phenoxy) is 2. The van der Waals surface area contributed by atoms with E-state index in [1.165, 1.54) is 7.11 Å². The Balaban J connectivity index is 1.75. The van der Waals surface area contributed by atoms with Crippen LogP contribution in [0.5, 0.6) is 0 Å². The van der Waals surface area contributed by atoms with Crippen LogP contribution in [0.1, 0.15) is 46.7 Å². The van der Waals surface area contributed by atoms with Crippen LogP contribution in [-0.2, 0) is 9.47 Å². The zero-order chi connectivity index (χ0) is 16.4. The number of furan rings is 2. The fourth-order valence-electron chi connectivity index (χ4n) is 2.86. The molecule has 3 heterocycles. The quantitative estimate of drug-likeness (QED) is 0.807. The van der Waals surface area contributed by atoms with E-state index in [0.29, 0.717) is 13.2 Å². The van der Waals surface area contributed by atoms with Gasteiger partial charge in [0, 0.05) is 18.7 Å². The van der Waals surface area contributed by atoms with Crippen LogP contribution in [-0.4, -0.2) is 37.7 Å². The number of carbonyl (C=O) groups excluding carboxylic acids is 1. The van der Waals surface area contributed by atoms with Crippen molar-refractivity contribution < 1.29 is 23.1 Å². The summed E-state index contributed by atoms with van der Waals surface area (Å²) < 4.78 is 21.7.